The van der Waals surface area contributed by atoms with Gasteiger partial charge in [-0.05, 0) is 31.4 Å². The second-order valence-corrected chi connectivity index (χ2v) is 6.16. The van der Waals surface area contributed by atoms with E-state index >= 15 is 0 Å². The molecule has 0 spiro atoms. The summed E-state index contributed by atoms with van der Waals surface area (Å²) < 4.78 is 0. The van der Waals surface area contributed by atoms with Crippen LogP contribution in [0.15, 0.2) is 0 Å². The van der Waals surface area contributed by atoms with Crippen LogP contribution in [0.1, 0.15) is 36.8 Å². The van der Waals surface area contributed by atoms with Crippen LogP contribution in [0.4, 0.5) is 5.95 Å². The number of piperidine rings is 1. The zero-order chi connectivity index (χ0) is 11.7. The third-order valence-electron chi connectivity index (χ3n) is 3.55. The molecule has 0 amide bonds. The Bertz CT molecular complexity index is 366. The van der Waals surface area contributed by atoms with E-state index in [2.05, 4.69) is 20.1 Å². The predicted molar refractivity (Wildman–Crippen MR) is 70.2 cm³/mol. The van der Waals surface area contributed by atoms with Crippen molar-refractivity contribution < 1.29 is 0 Å². The van der Waals surface area contributed by atoms with Crippen LogP contribution in [-0.4, -0.2) is 40.1 Å². The normalized spacial score (nSPS) is 26.6. The van der Waals surface area contributed by atoms with Gasteiger partial charge >= 0.3 is 0 Å². The highest BCUT2D eigenvalue weighted by atomic mass is 32.2. The topological polar surface area (TPSA) is 70.8 Å². The molecule has 3 heterocycles. The number of aromatic nitrogens is 3. The third-order valence-corrected chi connectivity index (χ3v) is 4.93. The summed E-state index contributed by atoms with van der Waals surface area (Å²) in [5.41, 5.74) is 5.90. The molecule has 3 rings (SSSR count). The van der Waals surface area contributed by atoms with E-state index in [-0.39, 0.29) is 0 Å². The largest absolute Gasteiger partial charge is 0.339 e. The number of anilines is 1. The van der Waals surface area contributed by atoms with Crippen LogP contribution in [0, 0.1) is 0 Å². The highest BCUT2D eigenvalue weighted by Gasteiger charge is 2.24. The van der Waals surface area contributed by atoms with Crippen molar-refractivity contribution in [3.63, 3.8) is 0 Å². The van der Waals surface area contributed by atoms with Crippen LogP contribution in [-0.2, 0) is 0 Å². The summed E-state index contributed by atoms with van der Waals surface area (Å²) in [6.45, 7) is 1.96. The molecule has 3 N–H and O–H groups in total. The standard InChI is InChI=1S/C11H19N5S/c12-8-3-5-16(6-4-8)11-13-10(14-15-11)9-2-1-7-17-9/h8-9H,1-7,12H2,(H,13,14,15). The molecular weight excluding hydrogens is 234 g/mol. The minimum Gasteiger partial charge on any atom is -0.339 e. The highest BCUT2D eigenvalue weighted by Crippen LogP contribution is 2.38. The van der Waals surface area contributed by atoms with Crippen molar-refractivity contribution >= 4 is 17.7 Å². The van der Waals surface area contributed by atoms with Gasteiger partial charge in [0, 0.05) is 19.1 Å². The molecule has 17 heavy (non-hydrogen) atoms. The number of nitrogens with zero attached hydrogens (tertiary/aromatic N) is 3. The van der Waals surface area contributed by atoms with Gasteiger partial charge in [0.1, 0.15) is 5.82 Å². The summed E-state index contributed by atoms with van der Waals surface area (Å²) in [4.78, 5) is 6.88. The zero-order valence-corrected chi connectivity index (χ0v) is 10.7. The molecule has 1 unspecified atom stereocenters. The number of nitrogens with two attached hydrogens (primary N) is 1. The van der Waals surface area contributed by atoms with E-state index in [0.29, 0.717) is 11.3 Å². The Labute approximate surface area is 106 Å². The third kappa shape index (κ3) is 2.42. The van der Waals surface area contributed by atoms with Gasteiger partial charge in [-0.1, -0.05) is 0 Å². The first-order valence-corrected chi connectivity index (χ1v) is 7.42. The lowest BCUT2D eigenvalue weighted by atomic mass is 10.1. The number of nitrogens with one attached hydrogen (secondary N) is 1. The van der Waals surface area contributed by atoms with Crippen molar-refractivity contribution in [1.82, 2.24) is 15.2 Å². The van der Waals surface area contributed by atoms with Gasteiger partial charge in [0.2, 0.25) is 5.95 Å². The summed E-state index contributed by atoms with van der Waals surface area (Å²) in [5.74, 6) is 3.16. The van der Waals surface area contributed by atoms with Crippen molar-refractivity contribution in [1.29, 1.82) is 0 Å². The molecule has 0 radical (unpaired) electrons. The van der Waals surface area contributed by atoms with Crippen molar-refractivity contribution in [2.75, 3.05) is 23.7 Å². The number of hydrogen-bond donors (Lipinski definition) is 2. The fourth-order valence-electron chi connectivity index (χ4n) is 2.44. The summed E-state index contributed by atoms with van der Waals surface area (Å²) in [5, 5.41) is 7.98. The van der Waals surface area contributed by atoms with Gasteiger partial charge in [0.25, 0.3) is 0 Å². The maximum Gasteiger partial charge on any atom is 0.244 e. The van der Waals surface area contributed by atoms with Gasteiger partial charge < -0.3 is 10.6 Å². The van der Waals surface area contributed by atoms with E-state index in [9.17, 15) is 0 Å². The lowest BCUT2D eigenvalue weighted by Gasteiger charge is -2.28. The average molecular weight is 253 g/mol. The van der Waals surface area contributed by atoms with E-state index in [0.717, 1.165) is 37.7 Å². The van der Waals surface area contributed by atoms with Crippen molar-refractivity contribution in [3.8, 4) is 0 Å². The van der Waals surface area contributed by atoms with Crippen LogP contribution in [0.3, 0.4) is 0 Å². The summed E-state index contributed by atoms with van der Waals surface area (Å²) in [6.07, 6.45) is 4.61. The predicted octanol–water partition coefficient (Wildman–Crippen LogP) is 1.30. The SMILES string of the molecule is NC1CCN(c2n[nH]c(C3CCCS3)n2)CC1. The van der Waals surface area contributed by atoms with Gasteiger partial charge in [0.15, 0.2) is 0 Å². The van der Waals surface area contributed by atoms with Crippen molar-refractivity contribution in [2.45, 2.75) is 37.0 Å². The van der Waals surface area contributed by atoms with Crippen molar-refractivity contribution in [3.05, 3.63) is 5.82 Å². The average Bonchev–Trinajstić information content (AvgIpc) is 3.00. The van der Waals surface area contributed by atoms with E-state index in [1.165, 1.54) is 18.6 Å². The molecule has 0 aliphatic carbocycles. The molecule has 1 aromatic rings. The Morgan fingerprint density at radius 2 is 2.12 bits per heavy atom. The number of thioether (sulfide) groups is 1. The molecule has 0 aromatic carbocycles. The van der Waals surface area contributed by atoms with Crippen molar-refractivity contribution in [2.24, 2.45) is 5.73 Å². The highest BCUT2D eigenvalue weighted by molar-refractivity contribution is 7.99. The van der Waals surface area contributed by atoms with E-state index in [1.807, 2.05) is 11.8 Å². The Morgan fingerprint density at radius 3 is 2.82 bits per heavy atom. The number of hydrogen-bond acceptors (Lipinski definition) is 5. The number of H-pyrrole nitrogens is 1. The van der Waals surface area contributed by atoms with Gasteiger partial charge in [-0.2, -0.15) is 16.7 Å². The maximum absolute atomic E-state index is 5.90. The van der Waals surface area contributed by atoms with Crippen LogP contribution in [0.25, 0.3) is 0 Å². The Morgan fingerprint density at radius 1 is 1.29 bits per heavy atom. The van der Waals surface area contributed by atoms with Crippen LogP contribution in [0.5, 0.6) is 0 Å². The fraction of sp³-hybridized carbons (Fsp3) is 0.818. The van der Waals surface area contributed by atoms with Crippen LogP contribution >= 0.6 is 11.8 Å². The van der Waals surface area contributed by atoms with E-state index in [4.69, 9.17) is 5.73 Å². The zero-order valence-electron chi connectivity index (χ0n) is 9.93. The van der Waals surface area contributed by atoms with E-state index < -0.39 is 0 Å². The summed E-state index contributed by atoms with van der Waals surface area (Å²) in [6, 6.07) is 0.357. The number of rotatable bonds is 2. The molecule has 6 heteroatoms. The molecule has 2 aliphatic heterocycles. The minimum atomic E-state index is 0.357. The molecular formula is C11H19N5S. The molecule has 1 atom stereocenters. The maximum atomic E-state index is 5.90. The molecule has 1 aromatic heterocycles. The molecule has 2 saturated heterocycles. The van der Waals surface area contributed by atoms with Gasteiger partial charge in [-0.25, -0.2) is 0 Å². The first-order chi connectivity index (χ1) is 8.33. The quantitative estimate of drug-likeness (QED) is 0.831. The smallest absolute Gasteiger partial charge is 0.244 e. The van der Waals surface area contributed by atoms with E-state index in [1.54, 1.807) is 0 Å². The summed E-state index contributed by atoms with van der Waals surface area (Å²) in [7, 11) is 0. The second-order valence-electron chi connectivity index (χ2n) is 4.85. The first-order valence-electron chi connectivity index (χ1n) is 6.37. The van der Waals surface area contributed by atoms with Gasteiger partial charge in [0.05, 0.1) is 5.25 Å². The molecule has 2 fully saturated rings. The molecule has 2 aliphatic rings. The summed E-state index contributed by atoms with van der Waals surface area (Å²) >= 11 is 1.98. The van der Waals surface area contributed by atoms with Crippen LogP contribution < -0.4 is 10.6 Å². The van der Waals surface area contributed by atoms with Gasteiger partial charge in [-0.15, -0.1) is 5.10 Å². The van der Waals surface area contributed by atoms with Gasteiger partial charge in [-0.3, -0.25) is 5.10 Å². The molecule has 94 valence electrons. The van der Waals surface area contributed by atoms with Crippen LogP contribution in [0.2, 0.25) is 0 Å². The molecule has 0 bridgehead atoms. The minimum absolute atomic E-state index is 0.357. The molecule has 5 nitrogen and oxygen atoms in total. The number of aromatic amines is 1. The first kappa shape index (κ1) is 11.3. The monoisotopic (exact) mass is 253 g/mol. The fourth-order valence-corrected chi connectivity index (χ4v) is 3.66. The Hall–Kier alpha value is -0.750. The lowest BCUT2D eigenvalue weighted by molar-refractivity contribution is 0.496. The lowest BCUT2D eigenvalue weighted by Crippen LogP contribution is -2.40. The second kappa shape index (κ2) is 4.86. The Kier molecular flexibility index (Phi) is 3.24. The molecule has 0 saturated carbocycles. The Balaban J connectivity index is 1.67.